The summed E-state index contributed by atoms with van der Waals surface area (Å²) in [5.74, 6) is 0.871. The fourth-order valence-electron chi connectivity index (χ4n) is 1.15. The van der Waals surface area contributed by atoms with Gasteiger partial charge >= 0.3 is 0 Å². The molecule has 0 saturated heterocycles. The summed E-state index contributed by atoms with van der Waals surface area (Å²) >= 11 is 0. The van der Waals surface area contributed by atoms with Crippen LogP contribution in [-0.2, 0) is 0 Å². The number of nitrogens with zero attached hydrogens (tertiary/aromatic N) is 2. The summed E-state index contributed by atoms with van der Waals surface area (Å²) in [6.45, 7) is 6.00. The van der Waals surface area contributed by atoms with Crippen molar-refractivity contribution in [2.45, 2.75) is 33.6 Å². The van der Waals surface area contributed by atoms with Gasteiger partial charge in [-0.25, -0.2) is 9.98 Å². The molecule has 0 bridgehead atoms. The van der Waals surface area contributed by atoms with Gasteiger partial charge < -0.3 is 0 Å². The summed E-state index contributed by atoms with van der Waals surface area (Å²) in [5.41, 5.74) is 2.26. The summed E-state index contributed by atoms with van der Waals surface area (Å²) in [6, 6.07) is 0. The molecule has 1 aliphatic heterocycles. The minimum atomic E-state index is 0.871. The van der Waals surface area contributed by atoms with E-state index in [4.69, 9.17) is 0 Å². The van der Waals surface area contributed by atoms with Gasteiger partial charge in [0.1, 0.15) is 5.84 Å². The average molecular weight is 150 g/mol. The fourth-order valence-corrected chi connectivity index (χ4v) is 1.15. The Bertz CT molecular complexity index is 234. The van der Waals surface area contributed by atoms with E-state index in [9.17, 15) is 0 Å². The zero-order valence-corrected chi connectivity index (χ0v) is 7.39. The minimum Gasteiger partial charge on any atom is -0.243 e. The quantitative estimate of drug-likeness (QED) is 0.507. The second-order valence-corrected chi connectivity index (χ2v) is 2.89. The highest BCUT2D eigenvalue weighted by molar-refractivity contribution is 5.96. The molecule has 1 aliphatic rings. The van der Waals surface area contributed by atoms with Crippen LogP contribution in [0.25, 0.3) is 0 Å². The zero-order chi connectivity index (χ0) is 8.27. The molecule has 0 atom stereocenters. The van der Waals surface area contributed by atoms with Crippen molar-refractivity contribution in [2.24, 2.45) is 9.98 Å². The summed E-state index contributed by atoms with van der Waals surface area (Å²) in [4.78, 5) is 8.59. The Kier molecular flexibility index (Phi) is 2.58. The molecule has 1 rings (SSSR count). The molecular weight excluding hydrogens is 136 g/mol. The smallest absolute Gasteiger partial charge is 0.125 e. The van der Waals surface area contributed by atoms with Crippen molar-refractivity contribution < 1.29 is 0 Å². The first-order valence-corrected chi connectivity index (χ1v) is 3.94. The molecule has 0 unspecified atom stereocenters. The Morgan fingerprint density at radius 3 is 2.64 bits per heavy atom. The zero-order valence-electron chi connectivity index (χ0n) is 7.39. The summed E-state index contributed by atoms with van der Waals surface area (Å²) in [6.07, 6.45) is 4.28. The molecule has 11 heavy (non-hydrogen) atoms. The molecule has 60 valence electrons. The first kappa shape index (κ1) is 8.18. The maximum absolute atomic E-state index is 4.31. The van der Waals surface area contributed by atoms with Crippen molar-refractivity contribution in [3.8, 4) is 0 Å². The van der Waals surface area contributed by atoms with Crippen LogP contribution in [0.5, 0.6) is 0 Å². The maximum atomic E-state index is 4.31. The Morgan fingerprint density at radius 2 is 1.91 bits per heavy atom. The number of hydrogen-bond acceptors (Lipinski definition) is 2. The van der Waals surface area contributed by atoms with Crippen molar-refractivity contribution >= 4 is 11.5 Å². The lowest BCUT2D eigenvalue weighted by Gasteiger charge is -2.02. The van der Waals surface area contributed by atoms with Crippen molar-refractivity contribution in [2.75, 3.05) is 0 Å². The SMILES string of the molecule is CC1=NC(C)=N/C(C)=C\CC1. The molecule has 0 aromatic heterocycles. The summed E-state index contributed by atoms with van der Waals surface area (Å²) in [5, 5.41) is 0. The largest absolute Gasteiger partial charge is 0.243 e. The van der Waals surface area contributed by atoms with Crippen LogP contribution < -0.4 is 0 Å². The second kappa shape index (κ2) is 3.46. The van der Waals surface area contributed by atoms with E-state index >= 15 is 0 Å². The van der Waals surface area contributed by atoms with Crippen molar-refractivity contribution in [1.82, 2.24) is 0 Å². The molecule has 1 heterocycles. The van der Waals surface area contributed by atoms with Crippen LogP contribution in [-0.4, -0.2) is 11.5 Å². The number of hydrogen-bond donors (Lipinski definition) is 0. The van der Waals surface area contributed by atoms with Crippen LogP contribution >= 0.6 is 0 Å². The first-order valence-electron chi connectivity index (χ1n) is 3.94. The third kappa shape index (κ3) is 2.66. The second-order valence-electron chi connectivity index (χ2n) is 2.89. The van der Waals surface area contributed by atoms with E-state index < -0.39 is 0 Å². The molecule has 2 heteroatoms. The van der Waals surface area contributed by atoms with Gasteiger partial charge in [-0.15, -0.1) is 0 Å². The molecule has 0 radical (unpaired) electrons. The Hall–Kier alpha value is -0.920. The van der Waals surface area contributed by atoms with E-state index in [0.717, 1.165) is 24.4 Å². The third-order valence-corrected chi connectivity index (χ3v) is 1.64. The molecule has 0 aliphatic carbocycles. The van der Waals surface area contributed by atoms with Crippen LogP contribution in [0.3, 0.4) is 0 Å². The molecule has 0 spiro atoms. The van der Waals surface area contributed by atoms with Crippen LogP contribution in [0, 0.1) is 0 Å². The van der Waals surface area contributed by atoms with Gasteiger partial charge in [0.2, 0.25) is 0 Å². The predicted molar refractivity (Wildman–Crippen MR) is 49.2 cm³/mol. The van der Waals surface area contributed by atoms with E-state index in [0.29, 0.717) is 0 Å². The third-order valence-electron chi connectivity index (χ3n) is 1.64. The van der Waals surface area contributed by atoms with Gasteiger partial charge in [0.15, 0.2) is 0 Å². The van der Waals surface area contributed by atoms with Crippen LogP contribution in [0.1, 0.15) is 33.6 Å². The average Bonchev–Trinajstić information content (AvgIpc) is 1.83. The molecule has 0 aromatic rings. The summed E-state index contributed by atoms with van der Waals surface area (Å²) in [7, 11) is 0. The minimum absolute atomic E-state index is 0.871. The van der Waals surface area contributed by atoms with Gasteiger partial charge in [0.25, 0.3) is 0 Å². The van der Waals surface area contributed by atoms with Crippen molar-refractivity contribution in [3.05, 3.63) is 11.8 Å². The highest BCUT2D eigenvalue weighted by atomic mass is 14.9. The molecular formula is C9H14N2. The molecule has 0 aromatic carbocycles. The van der Waals surface area contributed by atoms with Gasteiger partial charge in [-0.2, -0.15) is 0 Å². The van der Waals surface area contributed by atoms with E-state index in [1.165, 1.54) is 5.71 Å². The Labute approximate surface area is 67.8 Å². The highest BCUT2D eigenvalue weighted by Crippen LogP contribution is 2.06. The predicted octanol–water partition coefficient (Wildman–Crippen LogP) is 2.56. The van der Waals surface area contributed by atoms with Gasteiger partial charge in [0.05, 0.1) is 0 Å². The summed E-state index contributed by atoms with van der Waals surface area (Å²) < 4.78 is 0. The van der Waals surface area contributed by atoms with Crippen molar-refractivity contribution in [3.63, 3.8) is 0 Å². The molecule has 0 saturated carbocycles. The molecule has 2 nitrogen and oxygen atoms in total. The molecule has 0 amide bonds. The van der Waals surface area contributed by atoms with E-state index in [2.05, 4.69) is 16.1 Å². The lowest BCUT2D eigenvalue weighted by molar-refractivity contribution is 1.05. The van der Waals surface area contributed by atoms with Gasteiger partial charge in [0, 0.05) is 11.4 Å². The number of aliphatic imine (C=N–C) groups is 2. The maximum Gasteiger partial charge on any atom is 0.125 e. The van der Waals surface area contributed by atoms with Crippen LogP contribution in [0.2, 0.25) is 0 Å². The van der Waals surface area contributed by atoms with Gasteiger partial charge in [-0.1, -0.05) is 6.08 Å². The van der Waals surface area contributed by atoms with Crippen LogP contribution in [0.4, 0.5) is 0 Å². The highest BCUT2D eigenvalue weighted by Gasteiger charge is 1.96. The monoisotopic (exact) mass is 150 g/mol. The lowest BCUT2D eigenvalue weighted by Crippen LogP contribution is -1.98. The standard InChI is InChI=1S/C9H14N2/c1-7-5-4-6-8(2)11-9(3)10-7/h5H,4,6H2,1-3H3/b7-5-,10-9?,11-8?. The molecule has 0 fully saturated rings. The van der Waals surface area contributed by atoms with Gasteiger partial charge in [-0.05, 0) is 33.6 Å². The van der Waals surface area contributed by atoms with Crippen LogP contribution in [0.15, 0.2) is 21.8 Å². The van der Waals surface area contributed by atoms with Crippen molar-refractivity contribution in [1.29, 1.82) is 0 Å². The van der Waals surface area contributed by atoms with E-state index in [1.807, 2.05) is 20.8 Å². The topological polar surface area (TPSA) is 24.7 Å². The molecule has 0 N–H and O–H groups in total. The Morgan fingerprint density at radius 1 is 1.18 bits per heavy atom. The van der Waals surface area contributed by atoms with E-state index in [1.54, 1.807) is 0 Å². The fraction of sp³-hybridized carbons (Fsp3) is 0.556. The normalized spacial score (nSPS) is 24.1. The number of allylic oxidation sites excluding steroid dienone is 2. The first-order chi connectivity index (χ1) is 5.18. The number of rotatable bonds is 0. The lowest BCUT2D eigenvalue weighted by atomic mass is 10.2. The number of amidine groups is 1. The van der Waals surface area contributed by atoms with Gasteiger partial charge in [-0.3, -0.25) is 0 Å². The Balaban J connectivity index is 2.87. The van der Waals surface area contributed by atoms with E-state index in [-0.39, 0.29) is 0 Å².